The van der Waals surface area contributed by atoms with E-state index in [1.807, 2.05) is 6.20 Å². The second-order valence-corrected chi connectivity index (χ2v) is 4.47. The maximum atomic E-state index is 5.64. The lowest BCUT2D eigenvalue weighted by molar-refractivity contribution is 0.569. The van der Waals surface area contributed by atoms with E-state index in [0.29, 0.717) is 12.2 Å². The van der Waals surface area contributed by atoms with E-state index in [-0.39, 0.29) is 12.4 Å². The Morgan fingerprint density at radius 3 is 2.89 bits per heavy atom. The molecule has 0 unspecified atom stereocenters. The molecular formula is C11H17ClN6. The minimum atomic E-state index is 0. The number of nitrogens with zero attached hydrogens (tertiary/aromatic N) is 5. The average molecular weight is 269 g/mol. The van der Waals surface area contributed by atoms with E-state index in [1.165, 1.54) is 19.3 Å². The van der Waals surface area contributed by atoms with Gasteiger partial charge in [0, 0.05) is 19.2 Å². The summed E-state index contributed by atoms with van der Waals surface area (Å²) in [6.45, 7) is 1.67. The summed E-state index contributed by atoms with van der Waals surface area (Å²) in [7, 11) is 0. The maximum Gasteiger partial charge on any atom is 0.154 e. The van der Waals surface area contributed by atoms with Crippen LogP contribution in [0.1, 0.15) is 30.9 Å². The Kier molecular flexibility index (Phi) is 3.86. The van der Waals surface area contributed by atoms with Crippen LogP contribution in [0.3, 0.4) is 0 Å². The molecule has 1 aliphatic heterocycles. The number of anilines is 1. The molecule has 0 radical (unpaired) electrons. The molecule has 98 valence electrons. The Morgan fingerprint density at radius 2 is 2.11 bits per heavy atom. The van der Waals surface area contributed by atoms with Gasteiger partial charge < -0.3 is 10.3 Å². The highest BCUT2D eigenvalue weighted by molar-refractivity contribution is 5.85. The number of halogens is 1. The topological polar surface area (TPSA) is 74.6 Å². The van der Waals surface area contributed by atoms with Gasteiger partial charge in [-0.3, -0.25) is 4.68 Å². The molecule has 3 rings (SSSR count). The maximum absolute atomic E-state index is 5.64. The minimum absolute atomic E-state index is 0. The fraction of sp³-hybridized carbons (Fsp3) is 0.545. The van der Waals surface area contributed by atoms with Crippen molar-refractivity contribution in [1.82, 2.24) is 24.5 Å². The molecule has 0 fully saturated rings. The fourth-order valence-electron chi connectivity index (χ4n) is 2.27. The van der Waals surface area contributed by atoms with Crippen molar-refractivity contribution in [3.63, 3.8) is 0 Å². The molecule has 0 amide bonds. The van der Waals surface area contributed by atoms with Gasteiger partial charge in [-0.05, 0) is 12.8 Å². The van der Waals surface area contributed by atoms with Gasteiger partial charge in [0.05, 0.1) is 11.9 Å². The molecule has 0 saturated carbocycles. The summed E-state index contributed by atoms with van der Waals surface area (Å²) in [4.78, 5) is 0. The summed E-state index contributed by atoms with van der Waals surface area (Å²) in [5.74, 6) is 2.09. The van der Waals surface area contributed by atoms with Crippen LogP contribution in [0.2, 0.25) is 0 Å². The Labute approximate surface area is 112 Å². The van der Waals surface area contributed by atoms with E-state index in [0.717, 1.165) is 24.6 Å². The van der Waals surface area contributed by atoms with Crippen molar-refractivity contribution in [2.24, 2.45) is 0 Å². The number of aromatic nitrogens is 5. The first-order valence-electron chi connectivity index (χ1n) is 6.02. The quantitative estimate of drug-likeness (QED) is 0.890. The highest BCUT2D eigenvalue weighted by atomic mass is 35.5. The van der Waals surface area contributed by atoms with Crippen molar-refractivity contribution in [3.8, 4) is 0 Å². The third-order valence-corrected chi connectivity index (χ3v) is 3.14. The molecule has 6 nitrogen and oxygen atoms in total. The van der Waals surface area contributed by atoms with Crippen LogP contribution in [0.25, 0.3) is 0 Å². The first kappa shape index (κ1) is 12.9. The van der Waals surface area contributed by atoms with Crippen LogP contribution in [0.4, 0.5) is 5.69 Å². The zero-order chi connectivity index (χ0) is 11.7. The summed E-state index contributed by atoms with van der Waals surface area (Å²) in [5, 5.41) is 12.7. The molecule has 0 bridgehead atoms. The predicted octanol–water partition coefficient (Wildman–Crippen LogP) is 1.25. The lowest BCUT2D eigenvalue weighted by atomic mass is 10.2. The molecule has 2 N–H and O–H groups in total. The number of fused-ring (bicyclic) bond motifs is 1. The molecular weight excluding hydrogens is 252 g/mol. The summed E-state index contributed by atoms with van der Waals surface area (Å²) in [5.41, 5.74) is 6.33. The molecule has 3 heterocycles. The van der Waals surface area contributed by atoms with Gasteiger partial charge in [-0.2, -0.15) is 5.10 Å². The monoisotopic (exact) mass is 268 g/mol. The molecule has 0 aliphatic carbocycles. The number of hydrogen-bond donors (Lipinski definition) is 1. The van der Waals surface area contributed by atoms with Crippen molar-refractivity contribution in [2.45, 2.75) is 38.8 Å². The highest BCUT2D eigenvalue weighted by Gasteiger charge is 2.14. The van der Waals surface area contributed by atoms with Gasteiger partial charge in [-0.25, -0.2) is 0 Å². The SMILES string of the molecule is Cl.Nc1cnn(Cc2nnc3n2CCCCC3)c1. The molecule has 0 aromatic carbocycles. The van der Waals surface area contributed by atoms with Gasteiger partial charge >= 0.3 is 0 Å². The van der Waals surface area contributed by atoms with E-state index in [1.54, 1.807) is 10.9 Å². The van der Waals surface area contributed by atoms with Gasteiger partial charge in [0.2, 0.25) is 0 Å². The lowest BCUT2D eigenvalue weighted by Crippen LogP contribution is -2.10. The zero-order valence-electron chi connectivity index (χ0n) is 10.1. The zero-order valence-corrected chi connectivity index (χ0v) is 10.9. The number of hydrogen-bond acceptors (Lipinski definition) is 4. The molecule has 2 aromatic rings. The Balaban J connectivity index is 0.00000120. The van der Waals surface area contributed by atoms with E-state index in [4.69, 9.17) is 5.73 Å². The largest absolute Gasteiger partial charge is 0.396 e. The Hall–Kier alpha value is -1.56. The number of nitrogens with two attached hydrogens (primary N) is 1. The van der Waals surface area contributed by atoms with E-state index < -0.39 is 0 Å². The molecule has 0 atom stereocenters. The molecule has 0 spiro atoms. The summed E-state index contributed by atoms with van der Waals surface area (Å²) >= 11 is 0. The number of nitrogen functional groups attached to an aromatic ring is 1. The molecule has 18 heavy (non-hydrogen) atoms. The first-order chi connectivity index (χ1) is 8.33. The van der Waals surface area contributed by atoms with E-state index in [2.05, 4.69) is 19.9 Å². The van der Waals surface area contributed by atoms with Gasteiger partial charge in [0.25, 0.3) is 0 Å². The molecule has 7 heteroatoms. The summed E-state index contributed by atoms with van der Waals surface area (Å²) < 4.78 is 4.03. The van der Waals surface area contributed by atoms with Crippen LogP contribution in [0.5, 0.6) is 0 Å². The van der Waals surface area contributed by atoms with Gasteiger partial charge in [-0.15, -0.1) is 22.6 Å². The fourth-order valence-corrected chi connectivity index (χ4v) is 2.27. The second-order valence-electron chi connectivity index (χ2n) is 4.47. The normalized spacial score (nSPS) is 14.7. The van der Waals surface area contributed by atoms with Gasteiger partial charge in [0.1, 0.15) is 12.4 Å². The lowest BCUT2D eigenvalue weighted by Gasteiger charge is -2.06. The molecule has 1 aliphatic rings. The van der Waals surface area contributed by atoms with Crippen molar-refractivity contribution < 1.29 is 0 Å². The van der Waals surface area contributed by atoms with Crippen molar-refractivity contribution in [2.75, 3.05) is 5.73 Å². The van der Waals surface area contributed by atoms with Crippen LogP contribution in [-0.4, -0.2) is 24.5 Å². The van der Waals surface area contributed by atoms with Crippen molar-refractivity contribution in [1.29, 1.82) is 0 Å². The van der Waals surface area contributed by atoms with Gasteiger partial charge in [0.15, 0.2) is 5.82 Å². The Morgan fingerprint density at radius 1 is 1.22 bits per heavy atom. The Bertz CT molecular complexity index is 517. The molecule has 2 aromatic heterocycles. The summed E-state index contributed by atoms with van der Waals surface area (Å²) in [6, 6.07) is 0. The minimum Gasteiger partial charge on any atom is -0.396 e. The van der Waals surface area contributed by atoms with Crippen LogP contribution >= 0.6 is 12.4 Å². The third kappa shape index (κ3) is 2.48. The standard InChI is InChI=1S/C11H16N6.ClH/c12-9-6-13-16(7-9)8-11-15-14-10-4-2-1-3-5-17(10)11;/h6-7H,1-5,8,12H2;1H. The van der Waals surface area contributed by atoms with Crippen LogP contribution in [0, 0.1) is 0 Å². The van der Waals surface area contributed by atoms with Crippen LogP contribution < -0.4 is 5.73 Å². The van der Waals surface area contributed by atoms with Crippen LogP contribution in [0.15, 0.2) is 12.4 Å². The first-order valence-corrected chi connectivity index (χ1v) is 6.02. The van der Waals surface area contributed by atoms with E-state index >= 15 is 0 Å². The van der Waals surface area contributed by atoms with Crippen molar-refractivity contribution >= 4 is 18.1 Å². The second kappa shape index (κ2) is 5.39. The van der Waals surface area contributed by atoms with E-state index in [9.17, 15) is 0 Å². The molecule has 0 saturated heterocycles. The van der Waals surface area contributed by atoms with Crippen molar-refractivity contribution in [3.05, 3.63) is 24.0 Å². The predicted molar refractivity (Wildman–Crippen MR) is 70.6 cm³/mol. The highest BCUT2D eigenvalue weighted by Crippen LogP contribution is 2.15. The number of aryl methyl sites for hydroxylation is 1. The third-order valence-electron chi connectivity index (χ3n) is 3.14. The number of rotatable bonds is 2. The van der Waals surface area contributed by atoms with Crippen LogP contribution in [-0.2, 0) is 19.5 Å². The summed E-state index contributed by atoms with van der Waals surface area (Å²) in [6.07, 6.45) is 8.20. The van der Waals surface area contributed by atoms with Gasteiger partial charge in [-0.1, -0.05) is 6.42 Å². The smallest absolute Gasteiger partial charge is 0.154 e. The average Bonchev–Trinajstić information content (AvgIpc) is 2.80.